The Morgan fingerprint density at radius 1 is 1.33 bits per heavy atom. The van der Waals surface area contributed by atoms with Gasteiger partial charge >= 0.3 is 0 Å². The fraction of sp³-hybridized carbons (Fsp3) is 0.286. The van der Waals surface area contributed by atoms with Gasteiger partial charge in [-0.2, -0.15) is 0 Å². The zero-order valence-electron chi connectivity index (χ0n) is 10.7. The molecule has 0 atom stereocenters. The molecule has 0 spiro atoms. The molecule has 0 unspecified atom stereocenters. The average Bonchev–Trinajstić information content (AvgIpc) is 2.75. The quantitative estimate of drug-likeness (QED) is 0.623. The number of carbonyl (C=O) groups excluding carboxylic acids is 1. The number of benzene rings is 1. The zero-order chi connectivity index (χ0) is 13.1. The van der Waals surface area contributed by atoms with Gasteiger partial charge in [0.2, 0.25) is 0 Å². The summed E-state index contributed by atoms with van der Waals surface area (Å²) in [5.74, 6) is 0.460. The lowest BCUT2D eigenvalue weighted by atomic mass is 10.0. The van der Waals surface area contributed by atoms with E-state index in [9.17, 15) is 4.79 Å². The number of oxazole rings is 1. The van der Waals surface area contributed by atoms with Crippen molar-refractivity contribution in [3.8, 4) is 0 Å². The van der Waals surface area contributed by atoms with E-state index in [0.29, 0.717) is 11.0 Å². The number of hydrogen-bond donors (Lipinski definition) is 0. The van der Waals surface area contributed by atoms with Crippen molar-refractivity contribution in [2.75, 3.05) is 5.75 Å². The van der Waals surface area contributed by atoms with Gasteiger partial charge in [-0.05, 0) is 32.4 Å². The van der Waals surface area contributed by atoms with E-state index in [4.69, 9.17) is 4.42 Å². The van der Waals surface area contributed by atoms with Crippen molar-refractivity contribution in [2.45, 2.75) is 26.0 Å². The SMILES string of the molecule is Cc1ccc(C)c(C(=O)CSc2nc(C)co2)c1. The van der Waals surface area contributed by atoms with Crippen LogP contribution in [0.2, 0.25) is 0 Å². The number of aryl methyl sites for hydroxylation is 3. The van der Waals surface area contributed by atoms with Crippen molar-refractivity contribution in [3.05, 3.63) is 46.8 Å². The molecule has 0 amide bonds. The van der Waals surface area contributed by atoms with Crippen LogP contribution in [0.1, 0.15) is 27.2 Å². The largest absolute Gasteiger partial charge is 0.440 e. The topological polar surface area (TPSA) is 43.1 Å². The van der Waals surface area contributed by atoms with Crippen LogP contribution in [0.4, 0.5) is 0 Å². The van der Waals surface area contributed by atoms with Crippen LogP contribution in [0.3, 0.4) is 0 Å². The molecule has 94 valence electrons. The maximum Gasteiger partial charge on any atom is 0.256 e. The van der Waals surface area contributed by atoms with E-state index in [1.54, 1.807) is 6.26 Å². The van der Waals surface area contributed by atoms with Crippen molar-refractivity contribution >= 4 is 17.5 Å². The summed E-state index contributed by atoms with van der Waals surface area (Å²) in [5, 5.41) is 0.547. The van der Waals surface area contributed by atoms with E-state index in [1.165, 1.54) is 11.8 Å². The van der Waals surface area contributed by atoms with E-state index >= 15 is 0 Å². The summed E-state index contributed by atoms with van der Waals surface area (Å²) < 4.78 is 5.20. The zero-order valence-corrected chi connectivity index (χ0v) is 11.5. The standard InChI is InChI=1S/C14H15NO2S/c1-9-4-5-10(2)12(6-9)13(16)8-18-14-15-11(3)7-17-14/h4-7H,8H2,1-3H3. The molecule has 2 aromatic rings. The van der Waals surface area contributed by atoms with Gasteiger partial charge in [0.05, 0.1) is 11.4 Å². The summed E-state index contributed by atoms with van der Waals surface area (Å²) in [6, 6.07) is 5.91. The van der Waals surface area contributed by atoms with Crippen molar-refractivity contribution in [1.82, 2.24) is 4.98 Å². The molecule has 1 aromatic carbocycles. The molecule has 4 heteroatoms. The molecule has 0 saturated carbocycles. The first-order valence-electron chi connectivity index (χ1n) is 5.71. The highest BCUT2D eigenvalue weighted by Crippen LogP contribution is 2.20. The lowest BCUT2D eigenvalue weighted by molar-refractivity contribution is 0.102. The number of hydrogen-bond acceptors (Lipinski definition) is 4. The minimum absolute atomic E-state index is 0.108. The third-order valence-electron chi connectivity index (χ3n) is 2.62. The molecule has 0 N–H and O–H groups in total. The Labute approximate surface area is 111 Å². The first-order valence-corrected chi connectivity index (χ1v) is 6.70. The van der Waals surface area contributed by atoms with Gasteiger partial charge in [-0.1, -0.05) is 29.5 Å². The van der Waals surface area contributed by atoms with Crippen molar-refractivity contribution in [2.24, 2.45) is 0 Å². The number of carbonyl (C=O) groups is 1. The monoisotopic (exact) mass is 261 g/mol. The maximum atomic E-state index is 12.1. The van der Waals surface area contributed by atoms with E-state index in [0.717, 1.165) is 22.4 Å². The molecule has 0 saturated heterocycles. The summed E-state index contributed by atoms with van der Waals surface area (Å²) in [6.45, 7) is 5.80. The van der Waals surface area contributed by atoms with Crippen LogP contribution in [-0.2, 0) is 0 Å². The Hall–Kier alpha value is -1.55. The average molecular weight is 261 g/mol. The molecule has 3 nitrogen and oxygen atoms in total. The number of ketones is 1. The van der Waals surface area contributed by atoms with Crippen LogP contribution in [0, 0.1) is 20.8 Å². The van der Waals surface area contributed by atoms with Crippen LogP contribution < -0.4 is 0 Å². The first-order chi connectivity index (χ1) is 8.56. The number of Topliss-reactive ketones (excluding diaryl/α,β-unsaturated/α-hetero) is 1. The lowest BCUT2D eigenvalue weighted by Crippen LogP contribution is -2.05. The van der Waals surface area contributed by atoms with Crippen LogP contribution in [-0.4, -0.2) is 16.5 Å². The van der Waals surface area contributed by atoms with Gasteiger partial charge in [0, 0.05) is 5.56 Å². The predicted molar refractivity (Wildman–Crippen MR) is 72.2 cm³/mol. The van der Waals surface area contributed by atoms with E-state index in [2.05, 4.69) is 4.98 Å². The van der Waals surface area contributed by atoms with Gasteiger partial charge in [-0.25, -0.2) is 4.98 Å². The summed E-state index contributed by atoms with van der Waals surface area (Å²) in [7, 11) is 0. The molecule has 1 aromatic heterocycles. The molecular weight excluding hydrogens is 246 g/mol. The number of thioether (sulfide) groups is 1. The molecule has 0 radical (unpaired) electrons. The van der Waals surface area contributed by atoms with Gasteiger partial charge < -0.3 is 4.42 Å². The Balaban J connectivity index is 2.05. The minimum Gasteiger partial charge on any atom is -0.440 e. The smallest absolute Gasteiger partial charge is 0.256 e. The molecule has 1 heterocycles. The molecule has 0 fully saturated rings. The minimum atomic E-state index is 0.108. The van der Waals surface area contributed by atoms with Crippen molar-refractivity contribution in [3.63, 3.8) is 0 Å². The van der Waals surface area contributed by atoms with E-state index in [1.807, 2.05) is 39.0 Å². The van der Waals surface area contributed by atoms with E-state index in [-0.39, 0.29) is 5.78 Å². The van der Waals surface area contributed by atoms with Gasteiger partial charge in [-0.3, -0.25) is 4.79 Å². The molecule has 0 aliphatic rings. The van der Waals surface area contributed by atoms with Crippen molar-refractivity contribution in [1.29, 1.82) is 0 Å². The van der Waals surface area contributed by atoms with Crippen LogP contribution in [0.5, 0.6) is 0 Å². The Kier molecular flexibility index (Phi) is 3.87. The summed E-state index contributed by atoms with van der Waals surface area (Å²) in [4.78, 5) is 16.3. The second kappa shape index (κ2) is 5.40. The molecule has 0 aliphatic heterocycles. The first kappa shape index (κ1) is 12.9. The number of nitrogens with zero attached hydrogens (tertiary/aromatic N) is 1. The molecule has 0 aliphatic carbocycles. The second-order valence-corrected chi connectivity index (χ2v) is 5.21. The molecule has 0 bridgehead atoms. The van der Waals surface area contributed by atoms with E-state index < -0.39 is 0 Å². The van der Waals surface area contributed by atoms with Gasteiger partial charge in [0.1, 0.15) is 6.26 Å². The summed E-state index contributed by atoms with van der Waals surface area (Å²) in [5.41, 5.74) is 3.72. The third-order valence-corrected chi connectivity index (χ3v) is 3.46. The van der Waals surface area contributed by atoms with Gasteiger partial charge in [-0.15, -0.1) is 0 Å². The fourth-order valence-corrected chi connectivity index (χ4v) is 2.37. The van der Waals surface area contributed by atoms with Crippen molar-refractivity contribution < 1.29 is 9.21 Å². The second-order valence-electron chi connectivity index (χ2n) is 4.29. The highest BCUT2D eigenvalue weighted by Gasteiger charge is 2.11. The number of rotatable bonds is 4. The fourth-order valence-electron chi connectivity index (χ4n) is 1.64. The van der Waals surface area contributed by atoms with Crippen LogP contribution in [0.25, 0.3) is 0 Å². The molecule has 2 rings (SSSR count). The Bertz CT molecular complexity index is 575. The normalized spacial score (nSPS) is 10.6. The predicted octanol–water partition coefficient (Wildman–Crippen LogP) is 3.57. The lowest BCUT2D eigenvalue weighted by Gasteiger charge is -2.05. The van der Waals surface area contributed by atoms with Gasteiger partial charge in [0.25, 0.3) is 5.22 Å². The highest BCUT2D eigenvalue weighted by atomic mass is 32.2. The summed E-state index contributed by atoms with van der Waals surface area (Å²) in [6.07, 6.45) is 1.59. The summed E-state index contributed by atoms with van der Waals surface area (Å²) >= 11 is 1.33. The molecule has 18 heavy (non-hydrogen) atoms. The van der Waals surface area contributed by atoms with Gasteiger partial charge in [0.15, 0.2) is 5.78 Å². The number of aromatic nitrogens is 1. The maximum absolute atomic E-state index is 12.1. The highest BCUT2D eigenvalue weighted by molar-refractivity contribution is 7.99. The Morgan fingerprint density at radius 3 is 2.78 bits per heavy atom. The van der Waals surface area contributed by atoms with Crippen LogP contribution in [0.15, 0.2) is 34.1 Å². The Morgan fingerprint density at radius 2 is 2.11 bits per heavy atom. The van der Waals surface area contributed by atoms with Crippen LogP contribution >= 0.6 is 11.8 Å². The third kappa shape index (κ3) is 3.01. The molecular formula is C14H15NO2S.